The van der Waals surface area contributed by atoms with Crippen LogP contribution in [0, 0.1) is 12.7 Å². The molecule has 0 aliphatic carbocycles. The van der Waals surface area contributed by atoms with Crippen molar-refractivity contribution in [2.45, 2.75) is 18.7 Å². The van der Waals surface area contributed by atoms with Crippen LogP contribution in [0.1, 0.15) is 22.8 Å². The zero-order valence-corrected chi connectivity index (χ0v) is 15.6. The number of nitrogens with one attached hydrogen (secondary N) is 2. The van der Waals surface area contributed by atoms with Gasteiger partial charge in [0.2, 0.25) is 10.0 Å². The molecule has 0 radical (unpaired) electrons. The normalized spacial score (nSPS) is 11.1. The van der Waals surface area contributed by atoms with E-state index in [1.807, 2.05) is 0 Å². The molecule has 0 heterocycles. The van der Waals surface area contributed by atoms with E-state index in [2.05, 4.69) is 10.0 Å². The molecule has 0 fully saturated rings. The summed E-state index contributed by atoms with van der Waals surface area (Å²) in [6.45, 7) is 2.83. The van der Waals surface area contributed by atoms with Crippen LogP contribution in [0.3, 0.4) is 0 Å². The van der Waals surface area contributed by atoms with Crippen molar-refractivity contribution in [3.63, 3.8) is 0 Å². The topological polar surface area (TPSA) is 102 Å². The van der Waals surface area contributed by atoms with Crippen LogP contribution in [0.25, 0.3) is 0 Å². The summed E-state index contributed by atoms with van der Waals surface area (Å²) in [4.78, 5) is 23.8. The quantitative estimate of drug-likeness (QED) is 0.701. The Labute approximate surface area is 156 Å². The van der Waals surface area contributed by atoms with E-state index in [-0.39, 0.29) is 22.7 Å². The summed E-state index contributed by atoms with van der Waals surface area (Å²) in [5, 5.41) is 2.41. The number of carbonyl (C=O) groups is 2. The van der Waals surface area contributed by atoms with E-state index in [0.29, 0.717) is 5.56 Å². The number of hydrogen-bond acceptors (Lipinski definition) is 5. The largest absolute Gasteiger partial charge is 0.452 e. The number of hydrogen-bond donors (Lipinski definition) is 2. The monoisotopic (exact) mass is 394 g/mol. The van der Waals surface area contributed by atoms with Crippen LogP contribution < -0.4 is 10.0 Å². The first-order valence-electron chi connectivity index (χ1n) is 8.06. The van der Waals surface area contributed by atoms with Crippen molar-refractivity contribution in [2.75, 3.05) is 18.5 Å². The van der Waals surface area contributed by atoms with E-state index in [9.17, 15) is 22.4 Å². The van der Waals surface area contributed by atoms with Gasteiger partial charge in [0.05, 0.1) is 10.5 Å². The van der Waals surface area contributed by atoms with Gasteiger partial charge in [-0.2, -0.15) is 0 Å². The predicted octanol–water partition coefficient (Wildman–Crippen LogP) is 2.23. The fourth-order valence-corrected chi connectivity index (χ4v) is 3.23. The van der Waals surface area contributed by atoms with Crippen molar-refractivity contribution in [3.8, 4) is 0 Å². The maximum Gasteiger partial charge on any atom is 0.338 e. The van der Waals surface area contributed by atoms with Crippen molar-refractivity contribution in [1.29, 1.82) is 0 Å². The minimum Gasteiger partial charge on any atom is -0.452 e. The van der Waals surface area contributed by atoms with Crippen LogP contribution in [0.4, 0.5) is 10.1 Å². The fraction of sp³-hybridized carbons (Fsp3) is 0.222. The molecule has 7 nitrogen and oxygen atoms in total. The van der Waals surface area contributed by atoms with Crippen LogP contribution in [0.5, 0.6) is 0 Å². The fourth-order valence-electron chi connectivity index (χ4n) is 2.15. The van der Waals surface area contributed by atoms with Crippen LogP contribution in [-0.2, 0) is 19.6 Å². The van der Waals surface area contributed by atoms with Gasteiger partial charge in [0.25, 0.3) is 5.91 Å². The molecule has 0 bridgehead atoms. The maximum atomic E-state index is 13.5. The minimum absolute atomic E-state index is 0.0110. The number of benzene rings is 2. The number of rotatable bonds is 7. The van der Waals surface area contributed by atoms with Gasteiger partial charge in [-0.1, -0.05) is 19.1 Å². The number of anilines is 1. The SMILES string of the molecule is CCNS(=O)(=O)c1cccc(C(=O)OCC(=O)Nc2ccc(C)c(F)c2)c1. The van der Waals surface area contributed by atoms with Crippen LogP contribution >= 0.6 is 0 Å². The highest BCUT2D eigenvalue weighted by Crippen LogP contribution is 2.14. The van der Waals surface area contributed by atoms with E-state index in [4.69, 9.17) is 4.74 Å². The Balaban J connectivity index is 1.99. The lowest BCUT2D eigenvalue weighted by atomic mass is 10.2. The first-order chi connectivity index (χ1) is 12.7. The molecule has 0 unspecified atom stereocenters. The molecule has 9 heteroatoms. The molecule has 1 amide bonds. The third kappa shape index (κ3) is 5.60. The third-order valence-corrected chi connectivity index (χ3v) is 5.05. The Morgan fingerprint density at radius 3 is 2.56 bits per heavy atom. The molecule has 0 atom stereocenters. The summed E-state index contributed by atoms with van der Waals surface area (Å²) in [7, 11) is -3.72. The van der Waals surface area contributed by atoms with Gasteiger partial charge in [-0.15, -0.1) is 0 Å². The first kappa shape index (κ1) is 20.5. The number of esters is 1. The second kappa shape index (κ2) is 8.74. The van der Waals surface area contributed by atoms with Crippen molar-refractivity contribution in [2.24, 2.45) is 0 Å². The molecule has 27 heavy (non-hydrogen) atoms. The lowest BCUT2D eigenvalue weighted by Crippen LogP contribution is -2.24. The van der Waals surface area contributed by atoms with Crippen LogP contribution in [0.2, 0.25) is 0 Å². The van der Waals surface area contributed by atoms with E-state index < -0.39 is 34.3 Å². The van der Waals surface area contributed by atoms with E-state index in [1.165, 1.54) is 30.3 Å². The highest BCUT2D eigenvalue weighted by molar-refractivity contribution is 7.89. The highest BCUT2D eigenvalue weighted by Gasteiger charge is 2.16. The van der Waals surface area contributed by atoms with Gasteiger partial charge in [0, 0.05) is 12.2 Å². The van der Waals surface area contributed by atoms with E-state index >= 15 is 0 Å². The highest BCUT2D eigenvalue weighted by atomic mass is 32.2. The molecule has 0 spiro atoms. The number of halogens is 1. The molecule has 2 rings (SSSR count). The van der Waals surface area contributed by atoms with Gasteiger partial charge in [-0.05, 0) is 42.8 Å². The Morgan fingerprint density at radius 2 is 1.89 bits per heavy atom. The van der Waals surface area contributed by atoms with E-state index in [1.54, 1.807) is 13.8 Å². The van der Waals surface area contributed by atoms with Crippen LogP contribution in [0.15, 0.2) is 47.4 Å². The number of aryl methyl sites for hydroxylation is 1. The second-order valence-corrected chi connectivity index (χ2v) is 7.38. The average molecular weight is 394 g/mol. The number of sulfonamides is 1. The molecule has 0 saturated heterocycles. The van der Waals surface area contributed by atoms with Crippen molar-refractivity contribution < 1.29 is 27.1 Å². The molecule has 2 N–H and O–H groups in total. The molecule has 2 aromatic rings. The molecule has 0 aliphatic heterocycles. The zero-order chi connectivity index (χ0) is 20.0. The Bertz CT molecular complexity index is 960. The minimum atomic E-state index is -3.72. The predicted molar refractivity (Wildman–Crippen MR) is 97.4 cm³/mol. The van der Waals surface area contributed by atoms with Crippen molar-refractivity contribution >= 4 is 27.6 Å². The molecular weight excluding hydrogens is 375 g/mol. The summed E-state index contributed by atoms with van der Waals surface area (Å²) in [5.74, 6) is -1.97. The van der Waals surface area contributed by atoms with Crippen molar-refractivity contribution in [3.05, 3.63) is 59.4 Å². The van der Waals surface area contributed by atoms with Crippen molar-refractivity contribution in [1.82, 2.24) is 4.72 Å². The Morgan fingerprint density at radius 1 is 1.15 bits per heavy atom. The molecule has 144 valence electrons. The average Bonchev–Trinajstić information content (AvgIpc) is 2.63. The van der Waals surface area contributed by atoms with Crippen LogP contribution in [-0.4, -0.2) is 33.4 Å². The molecular formula is C18H19FN2O5S. The molecule has 0 aliphatic rings. The van der Waals surface area contributed by atoms with Gasteiger partial charge >= 0.3 is 5.97 Å². The smallest absolute Gasteiger partial charge is 0.338 e. The maximum absolute atomic E-state index is 13.5. The Kier molecular flexibility index (Phi) is 6.65. The third-order valence-electron chi connectivity index (χ3n) is 3.50. The summed E-state index contributed by atoms with van der Waals surface area (Å²) in [5.41, 5.74) is 0.660. The number of carbonyl (C=O) groups excluding carboxylic acids is 2. The number of amides is 1. The van der Waals surface area contributed by atoms with Gasteiger partial charge in [0.15, 0.2) is 6.61 Å². The Hall–Kier alpha value is -2.78. The summed E-state index contributed by atoms with van der Waals surface area (Å²) in [6, 6.07) is 9.46. The summed E-state index contributed by atoms with van der Waals surface area (Å²) < 4.78 is 44.6. The first-order valence-corrected chi connectivity index (χ1v) is 9.54. The lowest BCUT2D eigenvalue weighted by Gasteiger charge is -2.09. The van der Waals surface area contributed by atoms with Gasteiger partial charge in [0.1, 0.15) is 5.82 Å². The van der Waals surface area contributed by atoms with E-state index in [0.717, 1.165) is 12.1 Å². The van der Waals surface area contributed by atoms with Gasteiger partial charge < -0.3 is 10.1 Å². The molecule has 0 aromatic heterocycles. The molecule has 2 aromatic carbocycles. The summed E-state index contributed by atoms with van der Waals surface area (Å²) >= 11 is 0. The van der Waals surface area contributed by atoms with Gasteiger partial charge in [-0.3, -0.25) is 4.79 Å². The second-order valence-electron chi connectivity index (χ2n) is 5.62. The standard InChI is InChI=1S/C18H19FN2O5S/c1-3-20-27(24,25)15-6-4-5-13(9-15)18(23)26-11-17(22)21-14-8-7-12(2)16(19)10-14/h4-10,20H,3,11H2,1-2H3,(H,21,22). The lowest BCUT2D eigenvalue weighted by molar-refractivity contribution is -0.119. The van der Waals surface area contributed by atoms with Gasteiger partial charge in [-0.25, -0.2) is 22.3 Å². The number of ether oxygens (including phenoxy) is 1. The molecule has 0 saturated carbocycles. The summed E-state index contributed by atoms with van der Waals surface area (Å²) in [6.07, 6.45) is 0. The zero-order valence-electron chi connectivity index (χ0n) is 14.8.